The lowest BCUT2D eigenvalue weighted by molar-refractivity contribution is -0.110. The van der Waals surface area contributed by atoms with Gasteiger partial charge in [-0.3, -0.25) is 9.59 Å². The Labute approximate surface area is 158 Å². The molecule has 0 radical (unpaired) electrons. The van der Waals surface area contributed by atoms with Crippen LogP contribution < -0.4 is 15.5 Å². The zero-order chi connectivity index (χ0) is 19.2. The van der Waals surface area contributed by atoms with Crippen molar-refractivity contribution in [1.29, 1.82) is 0 Å². The number of hydrogen-bond donors (Lipinski definition) is 2. The Kier molecular flexibility index (Phi) is 5.86. The summed E-state index contributed by atoms with van der Waals surface area (Å²) < 4.78 is 5.47. The molecule has 0 bridgehead atoms. The fraction of sp³-hybridized carbons (Fsp3) is 0.286. The second-order valence-corrected chi connectivity index (χ2v) is 6.35. The number of carbonyl (C=O) groups excluding carboxylic acids is 2. The van der Waals surface area contributed by atoms with Gasteiger partial charge in [-0.15, -0.1) is 0 Å². The first-order valence-electron chi connectivity index (χ1n) is 9.10. The number of anilines is 1. The molecule has 0 spiro atoms. The number of amides is 2. The normalized spacial score (nSPS) is 14.0. The first kappa shape index (κ1) is 18.6. The molecule has 0 saturated carbocycles. The monoisotopic (exact) mass is 365 g/mol. The number of unbranched alkanes of at least 4 members (excludes halogenated alkanes) is 2. The van der Waals surface area contributed by atoms with Gasteiger partial charge in [0.15, 0.2) is 5.71 Å². The molecule has 1 heterocycles. The summed E-state index contributed by atoms with van der Waals surface area (Å²) in [5.41, 5.74) is 5.53. The highest BCUT2D eigenvalue weighted by molar-refractivity contribution is 6.54. The van der Waals surface area contributed by atoms with Gasteiger partial charge in [0.1, 0.15) is 5.75 Å². The maximum atomic E-state index is 12.4. The number of carbonyl (C=O) groups is 2. The van der Waals surface area contributed by atoms with Crippen LogP contribution in [0.15, 0.2) is 47.6 Å². The van der Waals surface area contributed by atoms with Gasteiger partial charge in [0, 0.05) is 16.7 Å². The van der Waals surface area contributed by atoms with Crippen LogP contribution in [0.5, 0.6) is 5.75 Å². The lowest BCUT2D eigenvalue weighted by atomic mass is 10.00. The van der Waals surface area contributed by atoms with Crippen LogP contribution in [-0.2, 0) is 11.2 Å². The van der Waals surface area contributed by atoms with Gasteiger partial charge in [-0.1, -0.05) is 38.0 Å². The molecule has 6 nitrogen and oxygen atoms in total. The second kappa shape index (κ2) is 8.49. The quantitative estimate of drug-likeness (QED) is 0.582. The van der Waals surface area contributed by atoms with E-state index in [1.807, 2.05) is 12.1 Å². The van der Waals surface area contributed by atoms with Crippen molar-refractivity contribution >= 4 is 23.2 Å². The van der Waals surface area contributed by atoms with Gasteiger partial charge < -0.3 is 10.1 Å². The van der Waals surface area contributed by atoms with E-state index in [1.165, 1.54) is 0 Å². The highest BCUT2D eigenvalue weighted by Crippen LogP contribution is 2.35. The molecule has 0 saturated heterocycles. The van der Waals surface area contributed by atoms with Crippen molar-refractivity contribution in [1.82, 2.24) is 5.43 Å². The summed E-state index contributed by atoms with van der Waals surface area (Å²) in [7, 11) is 1.62. The summed E-state index contributed by atoms with van der Waals surface area (Å²) in [6, 6.07) is 12.4. The van der Waals surface area contributed by atoms with Gasteiger partial charge in [-0.2, -0.15) is 5.10 Å². The molecule has 27 heavy (non-hydrogen) atoms. The predicted molar refractivity (Wildman–Crippen MR) is 105 cm³/mol. The van der Waals surface area contributed by atoms with E-state index in [1.54, 1.807) is 37.4 Å². The van der Waals surface area contributed by atoms with E-state index in [-0.39, 0.29) is 17.5 Å². The lowest BCUT2D eigenvalue weighted by Gasteiger charge is -2.12. The average Bonchev–Trinajstić information content (AvgIpc) is 3.02. The van der Waals surface area contributed by atoms with Crippen molar-refractivity contribution in [2.75, 3.05) is 12.4 Å². The van der Waals surface area contributed by atoms with Crippen molar-refractivity contribution < 1.29 is 14.3 Å². The number of methoxy groups -OCH3 is 1. The molecule has 0 atom stereocenters. The maximum absolute atomic E-state index is 12.4. The minimum atomic E-state index is -0.360. The van der Waals surface area contributed by atoms with Crippen LogP contribution >= 0.6 is 0 Å². The highest BCUT2D eigenvalue weighted by Gasteiger charge is 2.30. The third-order valence-electron chi connectivity index (χ3n) is 4.53. The van der Waals surface area contributed by atoms with Crippen LogP contribution in [0.4, 0.5) is 5.69 Å². The fourth-order valence-electron chi connectivity index (χ4n) is 3.13. The molecule has 0 fully saturated rings. The fourth-order valence-corrected chi connectivity index (χ4v) is 3.13. The largest absolute Gasteiger partial charge is 0.496 e. The van der Waals surface area contributed by atoms with Gasteiger partial charge in [0.2, 0.25) is 0 Å². The molecule has 6 heteroatoms. The van der Waals surface area contributed by atoms with Crippen LogP contribution in [0.25, 0.3) is 0 Å². The Morgan fingerprint density at radius 3 is 2.63 bits per heavy atom. The number of hydrazone groups is 1. The van der Waals surface area contributed by atoms with Crippen LogP contribution in [0.2, 0.25) is 0 Å². The topological polar surface area (TPSA) is 79.8 Å². The second-order valence-electron chi connectivity index (χ2n) is 6.35. The smallest absolute Gasteiger partial charge is 0.276 e. The molecular formula is C21H23N3O3. The number of ether oxygens (including phenoxy) is 1. The van der Waals surface area contributed by atoms with E-state index in [0.717, 1.165) is 42.7 Å². The van der Waals surface area contributed by atoms with Crippen molar-refractivity contribution in [3.63, 3.8) is 0 Å². The van der Waals surface area contributed by atoms with Crippen molar-refractivity contribution in [2.24, 2.45) is 5.10 Å². The molecule has 2 aromatic rings. The van der Waals surface area contributed by atoms with Gasteiger partial charge in [-0.25, -0.2) is 5.43 Å². The van der Waals surface area contributed by atoms with E-state index in [4.69, 9.17) is 4.74 Å². The molecule has 140 valence electrons. The number of nitrogens with zero attached hydrogens (tertiary/aromatic N) is 1. The molecule has 3 rings (SSSR count). The van der Waals surface area contributed by atoms with E-state index < -0.39 is 0 Å². The average molecular weight is 365 g/mol. The van der Waals surface area contributed by atoms with E-state index in [2.05, 4.69) is 22.8 Å². The Morgan fingerprint density at radius 1 is 1.15 bits per heavy atom. The number of nitrogens with one attached hydrogen (secondary N) is 2. The number of fused-ring (bicyclic) bond motifs is 1. The van der Waals surface area contributed by atoms with Crippen molar-refractivity contribution in [2.45, 2.75) is 32.6 Å². The molecule has 1 aliphatic rings. The van der Waals surface area contributed by atoms with E-state index in [9.17, 15) is 9.59 Å². The number of rotatable bonds is 7. The minimum absolute atomic E-state index is 0.202. The zero-order valence-electron chi connectivity index (χ0n) is 15.5. The summed E-state index contributed by atoms with van der Waals surface area (Å²) >= 11 is 0. The highest BCUT2D eigenvalue weighted by atomic mass is 16.5. The molecule has 2 N–H and O–H groups in total. The summed E-state index contributed by atoms with van der Waals surface area (Å²) in [5, 5.41) is 6.96. The van der Waals surface area contributed by atoms with E-state index >= 15 is 0 Å². The van der Waals surface area contributed by atoms with Gasteiger partial charge >= 0.3 is 0 Å². The molecular weight excluding hydrogens is 342 g/mol. The summed E-state index contributed by atoms with van der Waals surface area (Å²) in [5.74, 6) is 0.0594. The van der Waals surface area contributed by atoms with E-state index in [0.29, 0.717) is 11.1 Å². The molecule has 0 unspecified atom stereocenters. The van der Waals surface area contributed by atoms with Crippen molar-refractivity contribution in [3.05, 3.63) is 59.2 Å². The van der Waals surface area contributed by atoms with Crippen LogP contribution in [-0.4, -0.2) is 24.6 Å². The van der Waals surface area contributed by atoms with Gasteiger partial charge in [-0.05, 0) is 37.1 Å². The first-order valence-corrected chi connectivity index (χ1v) is 9.10. The third-order valence-corrected chi connectivity index (χ3v) is 4.53. The Hall–Kier alpha value is -3.15. The first-order chi connectivity index (χ1) is 13.2. The number of hydrogen-bond acceptors (Lipinski definition) is 4. The summed E-state index contributed by atoms with van der Waals surface area (Å²) in [6.45, 7) is 2.15. The standard InChI is InChI=1S/C21H23N3O3/c1-3-4-6-11-15-17(27-2)13-12-16-18(15)22-21(26)19(16)23-24-20(25)14-9-7-5-8-10-14/h5,7-10,12-13H,3-4,6,11H2,1-2H3,(H,24,25)(H,22,23,26). The molecule has 2 amide bonds. The maximum Gasteiger partial charge on any atom is 0.276 e. The number of benzene rings is 2. The molecule has 2 aromatic carbocycles. The summed E-state index contributed by atoms with van der Waals surface area (Å²) in [4.78, 5) is 24.6. The van der Waals surface area contributed by atoms with Gasteiger partial charge in [0.05, 0.1) is 12.8 Å². The third kappa shape index (κ3) is 4.00. The SMILES string of the molecule is CCCCCc1c(OC)ccc2c1NC(=O)/C2=N\NC(=O)c1ccccc1. The van der Waals surface area contributed by atoms with Crippen molar-refractivity contribution in [3.8, 4) is 5.75 Å². The lowest BCUT2D eigenvalue weighted by Crippen LogP contribution is -2.23. The zero-order valence-corrected chi connectivity index (χ0v) is 15.5. The Bertz CT molecular complexity index is 876. The predicted octanol–water partition coefficient (Wildman–Crippen LogP) is 3.51. The molecule has 1 aliphatic heterocycles. The van der Waals surface area contributed by atoms with Gasteiger partial charge in [0.25, 0.3) is 11.8 Å². The van der Waals surface area contributed by atoms with Crippen LogP contribution in [0.3, 0.4) is 0 Å². The molecule has 0 aliphatic carbocycles. The minimum Gasteiger partial charge on any atom is -0.496 e. The van der Waals surface area contributed by atoms with Crippen LogP contribution in [0.1, 0.15) is 47.7 Å². The van der Waals surface area contributed by atoms with Crippen LogP contribution in [0, 0.1) is 0 Å². The Morgan fingerprint density at radius 2 is 1.93 bits per heavy atom. The Balaban J connectivity index is 1.87. The molecule has 0 aromatic heterocycles. The summed E-state index contributed by atoms with van der Waals surface area (Å²) in [6.07, 6.45) is 4.04.